The predicted octanol–water partition coefficient (Wildman–Crippen LogP) is 4.78. The molecular weight excluding hydrogens is 407 g/mol. The molecule has 4 rings (SSSR count). The molecule has 2 aromatic carbocycles. The predicted molar refractivity (Wildman–Crippen MR) is 107 cm³/mol. The number of carbonyl (C=O) groups is 1. The Morgan fingerprint density at radius 1 is 1.07 bits per heavy atom. The van der Waals surface area contributed by atoms with E-state index in [1.54, 1.807) is 28.8 Å². The number of nitrogens with one attached hydrogen (secondary N) is 1. The van der Waals surface area contributed by atoms with Crippen molar-refractivity contribution in [3.05, 3.63) is 64.0 Å². The van der Waals surface area contributed by atoms with Crippen molar-refractivity contribution < 1.29 is 9.53 Å². The van der Waals surface area contributed by atoms with Gasteiger partial charge in [-0.2, -0.15) is 4.98 Å². The quantitative estimate of drug-likeness (QED) is 0.506. The molecule has 136 valence electrons. The first-order chi connectivity index (χ1) is 13.1. The van der Waals surface area contributed by atoms with Gasteiger partial charge in [0.25, 0.3) is 11.9 Å². The van der Waals surface area contributed by atoms with E-state index in [0.717, 1.165) is 11.3 Å². The van der Waals surface area contributed by atoms with Gasteiger partial charge in [0, 0.05) is 21.0 Å². The minimum atomic E-state index is -0.351. The van der Waals surface area contributed by atoms with Crippen molar-refractivity contribution in [3.63, 3.8) is 0 Å². The molecule has 0 saturated carbocycles. The molecule has 0 aliphatic rings. The average Bonchev–Trinajstić information content (AvgIpc) is 3.22. The topological polar surface area (TPSA) is 68.5 Å². The molecule has 1 N–H and O–H groups in total. The average molecular weight is 419 g/mol. The standard InChI is InChI=1S/C18H12Cl2N4O2S/c19-12-3-1-11(2-4-12)15-10-27-18-22-17(23-24(15)18)21-16(25)9-26-14-7-5-13(20)6-8-14/h1-8,10H,9H2,(H,21,23,25). The fourth-order valence-corrected chi connectivity index (χ4v) is 3.48. The van der Waals surface area contributed by atoms with E-state index in [1.807, 2.05) is 29.6 Å². The SMILES string of the molecule is O=C(COc1ccc(Cl)cc1)Nc1nc2scc(-c3ccc(Cl)cc3)n2n1. The highest BCUT2D eigenvalue weighted by Crippen LogP contribution is 2.27. The molecule has 0 fully saturated rings. The minimum absolute atomic E-state index is 0.154. The maximum atomic E-state index is 12.1. The van der Waals surface area contributed by atoms with Crippen LogP contribution in [0.15, 0.2) is 53.9 Å². The van der Waals surface area contributed by atoms with Crippen molar-refractivity contribution in [1.82, 2.24) is 14.6 Å². The van der Waals surface area contributed by atoms with Crippen LogP contribution in [0.5, 0.6) is 5.75 Å². The van der Waals surface area contributed by atoms with E-state index in [2.05, 4.69) is 15.4 Å². The second-order valence-corrected chi connectivity index (χ2v) is 7.26. The summed E-state index contributed by atoms with van der Waals surface area (Å²) < 4.78 is 7.10. The van der Waals surface area contributed by atoms with Crippen LogP contribution < -0.4 is 10.1 Å². The Bertz CT molecular complexity index is 1090. The molecule has 9 heteroatoms. The van der Waals surface area contributed by atoms with Gasteiger partial charge < -0.3 is 4.74 Å². The lowest BCUT2D eigenvalue weighted by Gasteiger charge is -2.05. The van der Waals surface area contributed by atoms with Crippen molar-refractivity contribution in [2.24, 2.45) is 0 Å². The third-order valence-corrected chi connectivity index (χ3v) is 4.98. The number of ether oxygens (including phenoxy) is 1. The highest BCUT2D eigenvalue weighted by atomic mass is 35.5. The largest absolute Gasteiger partial charge is 0.484 e. The number of amides is 1. The molecule has 2 aromatic heterocycles. The van der Waals surface area contributed by atoms with Crippen LogP contribution in [0.4, 0.5) is 5.95 Å². The number of fused-ring (bicyclic) bond motifs is 1. The van der Waals surface area contributed by atoms with E-state index < -0.39 is 0 Å². The van der Waals surface area contributed by atoms with Crippen LogP contribution in [0, 0.1) is 0 Å². The van der Waals surface area contributed by atoms with Gasteiger partial charge in [-0.1, -0.05) is 35.3 Å². The summed E-state index contributed by atoms with van der Waals surface area (Å²) in [7, 11) is 0. The van der Waals surface area contributed by atoms with Gasteiger partial charge in [-0.15, -0.1) is 16.4 Å². The number of anilines is 1. The zero-order valence-corrected chi connectivity index (χ0v) is 16.1. The van der Waals surface area contributed by atoms with Crippen LogP contribution in [0.3, 0.4) is 0 Å². The number of carbonyl (C=O) groups excluding carboxylic acids is 1. The number of rotatable bonds is 5. The first kappa shape index (κ1) is 17.8. The van der Waals surface area contributed by atoms with Gasteiger partial charge in [0.1, 0.15) is 5.75 Å². The summed E-state index contributed by atoms with van der Waals surface area (Å²) in [5.41, 5.74) is 1.83. The molecule has 0 saturated heterocycles. The monoisotopic (exact) mass is 418 g/mol. The van der Waals surface area contributed by atoms with Crippen LogP contribution >= 0.6 is 34.5 Å². The van der Waals surface area contributed by atoms with E-state index in [-0.39, 0.29) is 18.5 Å². The molecule has 27 heavy (non-hydrogen) atoms. The van der Waals surface area contributed by atoms with Crippen LogP contribution in [0.2, 0.25) is 10.0 Å². The summed E-state index contributed by atoms with van der Waals surface area (Å²) in [6.45, 7) is -0.154. The number of aromatic nitrogens is 3. The molecule has 1 amide bonds. The normalized spacial score (nSPS) is 10.9. The van der Waals surface area contributed by atoms with E-state index >= 15 is 0 Å². The van der Waals surface area contributed by atoms with Gasteiger partial charge in [0.15, 0.2) is 6.61 Å². The molecule has 2 heterocycles. The summed E-state index contributed by atoms with van der Waals surface area (Å²) in [5.74, 6) is 0.427. The Morgan fingerprint density at radius 2 is 1.74 bits per heavy atom. The fraction of sp³-hybridized carbons (Fsp3) is 0.0556. The summed E-state index contributed by atoms with van der Waals surface area (Å²) in [4.78, 5) is 17.1. The van der Waals surface area contributed by atoms with Crippen molar-refractivity contribution in [3.8, 4) is 17.0 Å². The van der Waals surface area contributed by atoms with Crippen molar-refractivity contribution in [2.75, 3.05) is 11.9 Å². The molecule has 6 nitrogen and oxygen atoms in total. The number of halogens is 2. The number of thiazole rings is 1. The van der Waals surface area contributed by atoms with Crippen LogP contribution in [0.1, 0.15) is 0 Å². The van der Waals surface area contributed by atoms with Crippen molar-refractivity contribution in [1.29, 1.82) is 0 Å². The Morgan fingerprint density at radius 3 is 2.44 bits per heavy atom. The third kappa shape index (κ3) is 4.05. The Hall–Kier alpha value is -2.61. The highest BCUT2D eigenvalue weighted by Gasteiger charge is 2.13. The van der Waals surface area contributed by atoms with E-state index in [1.165, 1.54) is 11.3 Å². The van der Waals surface area contributed by atoms with Crippen molar-refractivity contribution in [2.45, 2.75) is 0 Å². The number of nitrogens with zero attached hydrogens (tertiary/aromatic N) is 3. The smallest absolute Gasteiger partial charge is 0.264 e. The first-order valence-corrected chi connectivity index (χ1v) is 9.50. The van der Waals surface area contributed by atoms with Crippen LogP contribution in [0.25, 0.3) is 16.2 Å². The number of hydrogen-bond donors (Lipinski definition) is 1. The van der Waals surface area contributed by atoms with E-state index in [4.69, 9.17) is 27.9 Å². The van der Waals surface area contributed by atoms with Crippen LogP contribution in [-0.4, -0.2) is 27.1 Å². The van der Waals surface area contributed by atoms with Gasteiger partial charge in [-0.05, 0) is 36.4 Å². The van der Waals surface area contributed by atoms with Gasteiger partial charge in [0.05, 0.1) is 5.69 Å². The molecular formula is C18H12Cl2N4O2S. The number of hydrogen-bond acceptors (Lipinski definition) is 5. The maximum Gasteiger partial charge on any atom is 0.264 e. The number of benzene rings is 2. The summed E-state index contributed by atoms with van der Waals surface area (Å²) >= 11 is 13.2. The molecule has 0 aliphatic heterocycles. The highest BCUT2D eigenvalue weighted by molar-refractivity contribution is 7.15. The summed E-state index contributed by atoms with van der Waals surface area (Å²) in [6, 6.07) is 14.2. The van der Waals surface area contributed by atoms with Gasteiger partial charge in [-0.25, -0.2) is 4.52 Å². The second-order valence-electron chi connectivity index (χ2n) is 5.55. The van der Waals surface area contributed by atoms with Gasteiger partial charge in [-0.3, -0.25) is 10.1 Å². The minimum Gasteiger partial charge on any atom is -0.484 e. The van der Waals surface area contributed by atoms with E-state index in [0.29, 0.717) is 20.8 Å². The lowest BCUT2D eigenvalue weighted by atomic mass is 10.2. The lowest BCUT2D eigenvalue weighted by molar-refractivity contribution is -0.118. The molecule has 0 atom stereocenters. The third-order valence-electron chi connectivity index (χ3n) is 3.66. The zero-order valence-electron chi connectivity index (χ0n) is 13.7. The van der Waals surface area contributed by atoms with Crippen LogP contribution in [-0.2, 0) is 4.79 Å². The van der Waals surface area contributed by atoms with Gasteiger partial charge in [0.2, 0.25) is 4.96 Å². The van der Waals surface area contributed by atoms with E-state index in [9.17, 15) is 4.79 Å². The molecule has 0 bridgehead atoms. The second kappa shape index (κ2) is 7.56. The Balaban J connectivity index is 1.45. The zero-order chi connectivity index (χ0) is 18.8. The molecule has 0 aliphatic carbocycles. The molecule has 0 spiro atoms. The lowest BCUT2D eigenvalue weighted by Crippen LogP contribution is -2.20. The van der Waals surface area contributed by atoms with Gasteiger partial charge >= 0.3 is 0 Å². The molecule has 0 radical (unpaired) electrons. The Labute approximate surface area is 168 Å². The van der Waals surface area contributed by atoms with Crippen molar-refractivity contribution >= 4 is 51.4 Å². The fourth-order valence-electron chi connectivity index (χ4n) is 2.39. The molecule has 4 aromatic rings. The Kier molecular flexibility index (Phi) is 4.98. The maximum absolute atomic E-state index is 12.1. The summed E-state index contributed by atoms with van der Waals surface area (Å²) in [6.07, 6.45) is 0. The summed E-state index contributed by atoms with van der Waals surface area (Å²) in [5, 5.41) is 10.2. The first-order valence-electron chi connectivity index (χ1n) is 7.87. The molecule has 0 unspecified atom stereocenters.